The number of unbranched alkanes of at least 4 members (excludes halogenated alkanes) is 1. The normalized spacial score (nSPS) is 14.3. The van der Waals surface area contributed by atoms with Gasteiger partial charge in [-0.05, 0) is 31.4 Å². The number of thioether (sulfide) groups is 1. The predicted molar refractivity (Wildman–Crippen MR) is 89.7 cm³/mol. The number of benzene rings is 1. The Kier molecular flexibility index (Phi) is 5.26. The van der Waals surface area contributed by atoms with Crippen LogP contribution in [0.15, 0.2) is 29.4 Å². The number of para-hydroxylation sites is 1. The summed E-state index contributed by atoms with van der Waals surface area (Å²) in [5.41, 5.74) is 0. The smallest absolute Gasteiger partial charge is 0.191 e. The highest BCUT2D eigenvalue weighted by atomic mass is 35.5. The van der Waals surface area contributed by atoms with Gasteiger partial charge in [0.25, 0.3) is 0 Å². The summed E-state index contributed by atoms with van der Waals surface area (Å²) in [6.07, 6.45) is 4.82. The third-order valence-corrected chi connectivity index (χ3v) is 4.91. The molecule has 0 amide bonds. The molecule has 1 fully saturated rings. The first-order chi connectivity index (χ1) is 10.8. The summed E-state index contributed by atoms with van der Waals surface area (Å²) in [6.45, 7) is 2.61. The van der Waals surface area contributed by atoms with Crippen molar-refractivity contribution in [2.24, 2.45) is 0 Å². The van der Waals surface area contributed by atoms with E-state index in [2.05, 4.69) is 21.7 Å². The molecule has 22 heavy (non-hydrogen) atoms. The van der Waals surface area contributed by atoms with Gasteiger partial charge in [-0.15, -0.1) is 10.2 Å². The van der Waals surface area contributed by atoms with E-state index in [1.807, 2.05) is 24.3 Å². The zero-order valence-electron chi connectivity index (χ0n) is 12.7. The number of aromatic nitrogens is 3. The van der Waals surface area contributed by atoms with Crippen LogP contribution in [0.3, 0.4) is 0 Å². The Morgan fingerprint density at radius 1 is 1.32 bits per heavy atom. The molecule has 0 N–H and O–H groups in total. The average molecular weight is 338 g/mol. The highest BCUT2D eigenvalue weighted by Gasteiger charge is 2.29. The third-order valence-electron chi connectivity index (χ3n) is 3.57. The fourth-order valence-electron chi connectivity index (χ4n) is 2.22. The summed E-state index contributed by atoms with van der Waals surface area (Å²) < 4.78 is 8.06. The van der Waals surface area contributed by atoms with Gasteiger partial charge in [-0.2, -0.15) is 0 Å². The topological polar surface area (TPSA) is 39.9 Å². The van der Waals surface area contributed by atoms with Crippen LogP contribution in [0.4, 0.5) is 0 Å². The van der Waals surface area contributed by atoms with Crippen LogP contribution in [-0.2, 0) is 6.61 Å². The van der Waals surface area contributed by atoms with Crippen molar-refractivity contribution in [2.75, 3.05) is 5.75 Å². The summed E-state index contributed by atoms with van der Waals surface area (Å²) in [5.74, 6) is 2.67. The first kappa shape index (κ1) is 15.7. The predicted octanol–water partition coefficient (Wildman–Crippen LogP) is 4.74. The molecule has 3 rings (SSSR count). The van der Waals surface area contributed by atoms with Crippen molar-refractivity contribution in [1.82, 2.24) is 14.8 Å². The van der Waals surface area contributed by atoms with E-state index in [4.69, 9.17) is 16.3 Å². The summed E-state index contributed by atoms with van der Waals surface area (Å²) in [6, 6.07) is 8.05. The molecule has 1 saturated carbocycles. The second-order valence-corrected chi connectivity index (χ2v) is 6.89. The molecular weight excluding hydrogens is 318 g/mol. The van der Waals surface area contributed by atoms with Gasteiger partial charge in [0.05, 0.1) is 5.02 Å². The highest BCUT2D eigenvalue weighted by molar-refractivity contribution is 7.99. The Morgan fingerprint density at radius 2 is 2.14 bits per heavy atom. The van der Waals surface area contributed by atoms with Gasteiger partial charge < -0.3 is 9.30 Å². The van der Waals surface area contributed by atoms with Gasteiger partial charge >= 0.3 is 0 Å². The van der Waals surface area contributed by atoms with Gasteiger partial charge in [-0.3, -0.25) is 0 Å². The lowest BCUT2D eigenvalue weighted by molar-refractivity contribution is 0.288. The fraction of sp³-hybridized carbons (Fsp3) is 0.500. The summed E-state index contributed by atoms with van der Waals surface area (Å²) in [4.78, 5) is 0. The molecule has 1 heterocycles. The van der Waals surface area contributed by atoms with Crippen LogP contribution in [0.25, 0.3) is 0 Å². The lowest BCUT2D eigenvalue weighted by Gasteiger charge is -2.10. The number of halogens is 1. The molecule has 0 unspecified atom stereocenters. The molecule has 6 heteroatoms. The van der Waals surface area contributed by atoms with Crippen LogP contribution in [-0.4, -0.2) is 20.5 Å². The maximum atomic E-state index is 6.12. The van der Waals surface area contributed by atoms with Gasteiger partial charge in [-0.1, -0.05) is 48.8 Å². The quantitative estimate of drug-likeness (QED) is 0.515. The number of hydrogen-bond donors (Lipinski definition) is 0. The van der Waals surface area contributed by atoms with Crippen LogP contribution in [0.1, 0.15) is 44.5 Å². The van der Waals surface area contributed by atoms with E-state index in [1.165, 1.54) is 25.7 Å². The van der Waals surface area contributed by atoms with Crippen LogP contribution in [0.2, 0.25) is 5.02 Å². The molecule has 0 radical (unpaired) electrons. The Balaban J connectivity index is 1.69. The molecule has 0 aliphatic heterocycles. The lowest BCUT2D eigenvalue weighted by Crippen LogP contribution is -2.07. The largest absolute Gasteiger partial charge is 0.484 e. The van der Waals surface area contributed by atoms with E-state index >= 15 is 0 Å². The minimum atomic E-state index is 0.404. The number of rotatable bonds is 8. The van der Waals surface area contributed by atoms with Crippen LogP contribution < -0.4 is 4.74 Å². The minimum Gasteiger partial charge on any atom is -0.484 e. The van der Waals surface area contributed by atoms with E-state index < -0.39 is 0 Å². The van der Waals surface area contributed by atoms with Gasteiger partial charge in [0.15, 0.2) is 11.0 Å². The third kappa shape index (κ3) is 3.76. The molecule has 1 aliphatic carbocycles. The van der Waals surface area contributed by atoms with Crippen LogP contribution >= 0.6 is 23.4 Å². The van der Waals surface area contributed by atoms with E-state index in [0.29, 0.717) is 23.4 Å². The highest BCUT2D eigenvalue weighted by Crippen LogP contribution is 2.39. The molecular formula is C16H20ClN3OS. The van der Waals surface area contributed by atoms with Crippen molar-refractivity contribution < 1.29 is 4.74 Å². The molecule has 0 bridgehead atoms. The van der Waals surface area contributed by atoms with Crippen molar-refractivity contribution in [1.29, 1.82) is 0 Å². The lowest BCUT2D eigenvalue weighted by atomic mass is 10.3. The second kappa shape index (κ2) is 7.38. The van der Waals surface area contributed by atoms with Crippen molar-refractivity contribution in [3.05, 3.63) is 35.1 Å². The summed E-state index contributed by atoms with van der Waals surface area (Å²) in [5, 5.41) is 10.3. The molecule has 0 saturated heterocycles. The Hall–Kier alpha value is -1.20. The zero-order valence-corrected chi connectivity index (χ0v) is 14.2. The fourth-order valence-corrected chi connectivity index (χ4v) is 3.51. The van der Waals surface area contributed by atoms with Crippen molar-refractivity contribution >= 4 is 23.4 Å². The number of nitrogens with zero attached hydrogens (tertiary/aromatic N) is 3. The molecule has 118 valence electrons. The van der Waals surface area contributed by atoms with Crippen LogP contribution in [0, 0.1) is 0 Å². The first-order valence-electron chi connectivity index (χ1n) is 7.73. The molecule has 4 nitrogen and oxygen atoms in total. The molecule has 1 aromatic carbocycles. The maximum Gasteiger partial charge on any atom is 0.191 e. The van der Waals surface area contributed by atoms with E-state index in [9.17, 15) is 0 Å². The van der Waals surface area contributed by atoms with E-state index in [-0.39, 0.29) is 0 Å². The standard InChI is InChI=1S/C16H20ClN3OS/c1-2-3-10-22-16-19-18-15(20(16)12-8-9-12)11-21-14-7-5-4-6-13(14)17/h4-7,12H,2-3,8-11H2,1H3. The SMILES string of the molecule is CCCCSc1nnc(COc2ccccc2Cl)n1C1CC1. The van der Waals surface area contributed by atoms with Gasteiger partial charge in [-0.25, -0.2) is 0 Å². The first-order valence-corrected chi connectivity index (χ1v) is 9.10. The monoisotopic (exact) mass is 337 g/mol. The van der Waals surface area contributed by atoms with Crippen molar-refractivity contribution in [2.45, 2.75) is 50.4 Å². The Labute approximate surface area is 140 Å². The van der Waals surface area contributed by atoms with Gasteiger partial charge in [0.1, 0.15) is 12.4 Å². The molecule has 0 atom stereocenters. The summed E-state index contributed by atoms with van der Waals surface area (Å²) in [7, 11) is 0. The maximum absolute atomic E-state index is 6.12. The van der Waals surface area contributed by atoms with E-state index in [1.54, 1.807) is 11.8 Å². The molecule has 2 aromatic rings. The Bertz CT molecular complexity index is 628. The zero-order chi connectivity index (χ0) is 15.4. The van der Waals surface area contributed by atoms with Crippen molar-refractivity contribution in [3.8, 4) is 5.75 Å². The molecule has 1 aromatic heterocycles. The number of ether oxygens (including phenoxy) is 1. The van der Waals surface area contributed by atoms with Crippen molar-refractivity contribution in [3.63, 3.8) is 0 Å². The molecule has 0 spiro atoms. The van der Waals surface area contributed by atoms with Crippen LogP contribution in [0.5, 0.6) is 5.75 Å². The Morgan fingerprint density at radius 3 is 2.86 bits per heavy atom. The molecule has 1 aliphatic rings. The summed E-state index contributed by atoms with van der Waals surface area (Å²) >= 11 is 7.92. The minimum absolute atomic E-state index is 0.404. The number of hydrogen-bond acceptors (Lipinski definition) is 4. The van der Waals surface area contributed by atoms with Gasteiger partial charge in [0, 0.05) is 11.8 Å². The second-order valence-electron chi connectivity index (χ2n) is 5.42. The van der Waals surface area contributed by atoms with Gasteiger partial charge in [0.2, 0.25) is 0 Å². The average Bonchev–Trinajstić information content (AvgIpc) is 3.28. The van der Waals surface area contributed by atoms with E-state index in [0.717, 1.165) is 16.7 Å².